The van der Waals surface area contributed by atoms with Gasteiger partial charge in [-0.05, 0) is 6.42 Å². The number of aliphatic hydroxyl groups excluding tert-OH is 1. The van der Waals surface area contributed by atoms with Gasteiger partial charge in [-0.1, -0.05) is 0 Å². The fraction of sp³-hybridized carbons (Fsp3) is 0.667. The Hall–Kier alpha value is -0.920. The number of imidazole rings is 1. The molecule has 1 fully saturated rings. The normalized spacial score (nSPS) is 25.8. The minimum Gasteiger partial charge on any atom is -0.394 e. The van der Waals surface area contributed by atoms with E-state index in [0.29, 0.717) is 12.1 Å². The standard InChI is InChI=1S/C9H15N3O3S/c10-8(4-13)9-3-11-6-12(9)7-1-2-16(14,15)5-7/h3,6-8,13H,1-2,4-5,10H2. The molecule has 0 radical (unpaired) electrons. The predicted molar refractivity (Wildman–Crippen MR) is 58.5 cm³/mol. The molecule has 0 aromatic carbocycles. The van der Waals surface area contributed by atoms with E-state index in [0.717, 1.165) is 0 Å². The number of nitrogens with two attached hydrogens (primary N) is 1. The van der Waals surface area contributed by atoms with Crippen LogP contribution in [-0.2, 0) is 9.84 Å². The summed E-state index contributed by atoms with van der Waals surface area (Å²) < 4.78 is 24.5. The Morgan fingerprint density at radius 3 is 3.00 bits per heavy atom. The van der Waals surface area contributed by atoms with Crippen LogP contribution >= 0.6 is 0 Å². The highest BCUT2D eigenvalue weighted by Crippen LogP contribution is 2.26. The first kappa shape index (κ1) is 11.6. The van der Waals surface area contributed by atoms with Crippen LogP contribution in [0.5, 0.6) is 0 Å². The van der Waals surface area contributed by atoms with E-state index in [2.05, 4.69) is 4.98 Å². The topological polar surface area (TPSA) is 98.2 Å². The Kier molecular flexibility index (Phi) is 3.00. The van der Waals surface area contributed by atoms with E-state index in [1.54, 1.807) is 17.1 Å². The molecule has 1 aromatic rings. The quantitative estimate of drug-likeness (QED) is 0.729. The first-order valence-corrected chi connectivity index (χ1v) is 6.94. The van der Waals surface area contributed by atoms with Crippen LogP contribution in [0.4, 0.5) is 0 Å². The largest absolute Gasteiger partial charge is 0.394 e. The highest BCUT2D eigenvalue weighted by molar-refractivity contribution is 7.91. The summed E-state index contributed by atoms with van der Waals surface area (Å²) in [6.45, 7) is -0.175. The molecule has 7 heteroatoms. The Morgan fingerprint density at radius 2 is 2.44 bits per heavy atom. The minimum atomic E-state index is -2.92. The summed E-state index contributed by atoms with van der Waals surface area (Å²) in [5.41, 5.74) is 6.40. The van der Waals surface area contributed by atoms with E-state index in [9.17, 15) is 8.42 Å². The molecule has 1 saturated heterocycles. The van der Waals surface area contributed by atoms with Gasteiger partial charge in [-0.2, -0.15) is 0 Å². The van der Waals surface area contributed by atoms with Crippen LogP contribution in [0, 0.1) is 0 Å². The molecule has 0 aliphatic carbocycles. The van der Waals surface area contributed by atoms with E-state index >= 15 is 0 Å². The van der Waals surface area contributed by atoms with Crippen molar-refractivity contribution < 1.29 is 13.5 Å². The lowest BCUT2D eigenvalue weighted by atomic mass is 10.2. The van der Waals surface area contributed by atoms with Crippen molar-refractivity contribution in [2.75, 3.05) is 18.1 Å². The Labute approximate surface area is 94.0 Å². The third-order valence-corrected chi connectivity index (χ3v) is 4.62. The van der Waals surface area contributed by atoms with E-state index in [4.69, 9.17) is 10.8 Å². The van der Waals surface area contributed by atoms with Crippen LogP contribution in [0.3, 0.4) is 0 Å². The van der Waals surface area contributed by atoms with Crippen LogP contribution in [-0.4, -0.2) is 41.2 Å². The molecule has 1 aliphatic heterocycles. The molecule has 2 rings (SSSR count). The molecule has 2 heterocycles. The van der Waals surface area contributed by atoms with Crippen molar-refractivity contribution in [3.8, 4) is 0 Å². The molecular formula is C9H15N3O3S. The first-order chi connectivity index (χ1) is 7.53. The summed E-state index contributed by atoms with van der Waals surface area (Å²) in [4.78, 5) is 3.96. The highest BCUT2D eigenvalue weighted by Gasteiger charge is 2.30. The lowest BCUT2D eigenvalue weighted by Gasteiger charge is -2.16. The van der Waals surface area contributed by atoms with Gasteiger partial charge in [-0.25, -0.2) is 13.4 Å². The molecule has 0 spiro atoms. The van der Waals surface area contributed by atoms with Gasteiger partial charge < -0.3 is 15.4 Å². The molecule has 6 nitrogen and oxygen atoms in total. The van der Waals surface area contributed by atoms with Crippen LogP contribution in [0.15, 0.2) is 12.5 Å². The number of hydrogen-bond acceptors (Lipinski definition) is 5. The van der Waals surface area contributed by atoms with Crippen LogP contribution in [0.25, 0.3) is 0 Å². The summed E-state index contributed by atoms with van der Waals surface area (Å²) in [7, 11) is -2.92. The molecule has 3 N–H and O–H groups in total. The van der Waals surface area contributed by atoms with Gasteiger partial charge in [0.1, 0.15) is 0 Å². The number of nitrogens with zero attached hydrogens (tertiary/aromatic N) is 2. The number of hydrogen-bond donors (Lipinski definition) is 2. The van der Waals surface area contributed by atoms with E-state index in [1.807, 2.05) is 0 Å². The summed E-state index contributed by atoms with van der Waals surface area (Å²) in [5.74, 6) is 0.345. The minimum absolute atomic E-state index is 0.0971. The summed E-state index contributed by atoms with van der Waals surface area (Å²) in [6.07, 6.45) is 3.74. The molecule has 2 unspecified atom stereocenters. The van der Waals surface area contributed by atoms with Crippen molar-refractivity contribution in [3.05, 3.63) is 18.2 Å². The van der Waals surface area contributed by atoms with Crippen molar-refractivity contribution in [2.24, 2.45) is 5.73 Å². The van der Waals surface area contributed by atoms with Gasteiger partial charge in [0.15, 0.2) is 9.84 Å². The SMILES string of the molecule is NC(CO)c1cncn1C1CCS(=O)(=O)C1. The lowest BCUT2D eigenvalue weighted by Crippen LogP contribution is -2.21. The van der Waals surface area contributed by atoms with Crippen LogP contribution in [0.2, 0.25) is 0 Å². The molecule has 16 heavy (non-hydrogen) atoms. The van der Waals surface area contributed by atoms with Gasteiger partial charge in [-0.15, -0.1) is 0 Å². The zero-order valence-electron chi connectivity index (χ0n) is 8.78. The molecule has 0 amide bonds. The Morgan fingerprint density at radius 1 is 1.69 bits per heavy atom. The third-order valence-electron chi connectivity index (χ3n) is 2.87. The number of aromatic nitrogens is 2. The van der Waals surface area contributed by atoms with Crippen LogP contribution < -0.4 is 5.73 Å². The number of sulfone groups is 1. The average Bonchev–Trinajstić information content (AvgIpc) is 2.82. The lowest BCUT2D eigenvalue weighted by molar-refractivity contribution is 0.261. The molecule has 90 valence electrons. The molecular weight excluding hydrogens is 230 g/mol. The van der Waals surface area contributed by atoms with Crippen molar-refractivity contribution >= 4 is 9.84 Å². The second-order valence-corrected chi connectivity index (χ2v) is 6.30. The zero-order chi connectivity index (χ0) is 11.8. The average molecular weight is 245 g/mol. The van der Waals surface area contributed by atoms with Crippen molar-refractivity contribution in [3.63, 3.8) is 0 Å². The van der Waals surface area contributed by atoms with E-state index < -0.39 is 15.9 Å². The van der Waals surface area contributed by atoms with Gasteiger partial charge in [0, 0.05) is 12.2 Å². The van der Waals surface area contributed by atoms with Gasteiger partial charge in [0.05, 0.1) is 36.2 Å². The molecule has 0 bridgehead atoms. The van der Waals surface area contributed by atoms with Crippen molar-refractivity contribution in [1.29, 1.82) is 0 Å². The maximum absolute atomic E-state index is 11.4. The zero-order valence-corrected chi connectivity index (χ0v) is 9.60. The highest BCUT2D eigenvalue weighted by atomic mass is 32.2. The second-order valence-electron chi connectivity index (χ2n) is 4.07. The molecule has 1 aliphatic rings. The third kappa shape index (κ3) is 2.11. The van der Waals surface area contributed by atoms with Gasteiger partial charge >= 0.3 is 0 Å². The maximum Gasteiger partial charge on any atom is 0.152 e. The number of rotatable bonds is 3. The Bertz CT molecular complexity index is 468. The fourth-order valence-electron chi connectivity index (χ4n) is 2.00. The van der Waals surface area contributed by atoms with E-state index in [-0.39, 0.29) is 24.2 Å². The van der Waals surface area contributed by atoms with Crippen molar-refractivity contribution in [2.45, 2.75) is 18.5 Å². The van der Waals surface area contributed by atoms with Gasteiger partial charge in [0.2, 0.25) is 0 Å². The van der Waals surface area contributed by atoms with Gasteiger partial charge in [-0.3, -0.25) is 0 Å². The van der Waals surface area contributed by atoms with Crippen molar-refractivity contribution in [1.82, 2.24) is 9.55 Å². The predicted octanol–water partition coefficient (Wildman–Crippen LogP) is -0.765. The Balaban J connectivity index is 2.25. The van der Waals surface area contributed by atoms with E-state index in [1.165, 1.54) is 0 Å². The summed E-state index contributed by atoms with van der Waals surface area (Å²) in [5, 5.41) is 8.99. The summed E-state index contributed by atoms with van der Waals surface area (Å²) in [6, 6.07) is -0.606. The van der Waals surface area contributed by atoms with Crippen LogP contribution in [0.1, 0.15) is 24.2 Å². The fourth-order valence-corrected chi connectivity index (χ4v) is 3.71. The molecule has 0 saturated carbocycles. The summed E-state index contributed by atoms with van der Waals surface area (Å²) >= 11 is 0. The smallest absolute Gasteiger partial charge is 0.152 e. The molecule has 1 aromatic heterocycles. The number of aliphatic hydroxyl groups is 1. The molecule has 2 atom stereocenters. The monoisotopic (exact) mass is 245 g/mol. The maximum atomic E-state index is 11.4. The second kappa shape index (κ2) is 4.15. The van der Waals surface area contributed by atoms with Gasteiger partial charge in [0.25, 0.3) is 0 Å². The first-order valence-electron chi connectivity index (χ1n) is 5.12.